The maximum absolute atomic E-state index is 6.27. The van der Waals surface area contributed by atoms with Gasteiger partial charge in [-0.25, -0.2) is 15.0 Å². The van der Waals surface area contributed by atoms with E-state index in [9.17, 15) is 0 Å². The minimum atomic E-state index is 0. The quantitative estimate of drug-likeness (QED) is 0.229. The number of guanidine groups is 1. The zero-order valence-corrected chi connectivity index (χ0v) is 20.8. The molecule has 0 radical (unpaired) electrons. The number of piperazine rings is 1. The first kappa shape index (κ1) is 22.5. The van der Waals surface area contributed by atoms with Gasteiger partial charge < -0.3 is 20.1 Å². The molecular formula is C23H26IN7S. The molecule has 5 rings (SSSR count). The number of thiazole rings is 1. The molecule has 32 heavy (non-hydrogen) atoms. The number of aliphatic imine (C=N–C) groups is 1. The topological polar surface area (TPSA) is 75.6 Å². The number of nitrogens with two attached hydrogens (primary N) is 1. The van der Waals surface area contributed by atoms with Gasteiger partial charge in [-0.05, 0) is 23.3 Å². The number of rotatable bonds is 5. The minimum Gasteiger partial charge on any atom is -0.370 e. The average Bonchev–Trinajstić information content (AvgIpc) is 3.49. The molecular weight excluding hydrogens is 533 g/mol. The average molecular weight is 559 g/mol. The van der Waals surface area contributed by atoms with Crippen LogP contribution in [-0.4, -0.2) is 51.6 Å². The summed E-state index contributed by atoms with van der Waals surface area (Å²) in [6.45, 7) is 4.96. The molecule has 2 aromatic heterocycles. The molecule has 1 aliphatic rings. The van der Waals surface area contributed by atoms with Crippen molar-refractivity contribution in [2.45, 2.75) is 13.1 Å². The van der Waals surface area contributed by atoms with Gasteiger partial charge in [-0.1, -0.05) is 36.4 Å². The van der Waals surface area contributed by atoms with Crippen LogP contribution in [0.2, 0.25) is 0 Å². The van der Waals surface area contributed by atoms with E-state index in [1.165, 1.54) is 5.56 Å². The molecule has 0 bridgehead atoms. The third-order valence-electron chi connectivity index (χ3n) is 5.62. The largest absolute Gasteiger partial charge is 0.370 e. The Morgan fingerprint density at radius 1 is 0.969 bits per heavy atom. The highest BCUT2D eigenvalue weighted by Crippen LogP contribution is 2.19. The molecule has 1 fully saturated rings. The SMILES string of the molecule is I.NC(=NCc1ccc(Cn2cnc3ccccc32)cc1)N1CCN(c2nccs2)CC1. The third-order valence-corrected chi connectivity index (χ3v) is 6.45. The van der Waals surface area contributed by atoms with E-state index in [1.54, 1.807) is 11.3 Å². The highest BCUT2D eigenvalue weighted by molar-refractivity contribution is 14.0. The number of aromatic nitrogens is 3. The second kappa shape index (κ2) is 10.3. The van der Waals surface area contributed by atoms with Gasteiger partial charge in [0.1, 0.15) is 0 Å². The Morgan fingerprint density at radius 3 is 2.47 bits per heavy atom. The Bertz CT molecular complexity index is 1160. The van der Waals surface area contributed by atoms with Gasteiger partial charge in [0.25, 0.3) is 0 Å². The molecule has 7 nitrogen and oxygen atoms in total. The number of anilines is 1. The van der Waals surface area contributed by atoms with Crippen molar-refractivity contribution < 1.29 is 0 Å². The van der Waals surface area contributed by atoms with E-state index >= 15 is 0 Å². The number of imidazole rings is 1. The second-order valence-corrected chi connectivity index (χ2v) is 8.51. The Morgan fingerprint density at radius 2 is 1.72 bits per heavy atom. The van der Waals surface area contributed by atoms with Crippen molar-refractivity contribution in [3.05, 3.63) is 77.6 Å². The van der Waals surface area contributed by atoms with E-state index in [4.69, 9.17) is 5.73 Å². The molecule has 0 amide bonds. The highest BCUT2D eigenvalue weighted by atomic mass is 127. The van der Waals surface area contributed by atoms with E-state index in [-0.39, 0.29) is 24.0 Å². The van der Waals surface area contributed by atoms with Crippen molar-refractivity contribution in [3.63, 3.8) is 0 Å². The fraction of sp³-hybridized carbons (Fsp3) is 0.261. The molecule has 0 spiro atoms. The van der Waals surface area contributed by atoms with Gasteiger partial charge in [0.2, 0.25) is 0 Å². The van der Waals surface area contributed by atoms with Crippen LogP contribution in [0.4, 0.5) is 5.13 Å². The van der Waals surface area contributed by atoms with Gasteiger partial charge >= 0.3 is 0 Å². The summed E-state index contributed by atoms with van der Waals surface area (Å²) in [5.74, 6) is 0.618. The zero-order chi connectivity index (χ0) is 21.0. The van der Waals surface area contributed by atoms with Gasteiger partial charge in [0.05, 0.1) is 23.9 Å². The molecule has 0 atom stereocenters. The summed E-state index contributed by atoms with van der Waals surface area (Å²) in [7, 11) is 0. The standard InChI is InChI=1S/C23H25N7S.HI/c24-22(28-10-12-29(13-11-28)23-25-9-14-31-23)26-15-18-5-7-19(8-6-18)16-30-17-27-20-3-1-2-4-21(20)30;/h1-9,14,17H,10-13,15-16H2,(H2,24,26);1H. The number of nitrogens with zero attached hydrogens (tertiary/aromatic N) is 6. The molecule has 0 aliphatic carbocycles. The molecule has 1 saturated heterocycles. The first-order valence-corrected chi connectivity index (χ1v) is 11.3. The molecule has 9 heteroatoms. The molecule has 1 aliphatic heterocycles. The summed E-state index contributed by atoms with van der Waals surface area (Å²) in [6.07, 6.45) is 3.75. The molecule has 0 saturated carbocycles. The van der Waals surface area contributed by atoms with Crippen molar-refractivity contribution in [1.29, 1.82) is 0 Å². The summed E-state index contributed by atoms with van der Waals surface area (Å²) in [6, 6.07) is 16.8. The van der Waals surface area contributed by atoms with Crippen molar-refractivity contribution in [3.8, 4) is 0 Å². The predicted octanol–water partition coefficient (Wildman–Crippen LogP) is 3.80. The van der Waals surface area contributed by atoms with Crippen LogP contribution in [0.3, 0.4) is 0 Å². The van der Waals surface area contributed by atoms with Crippen LogP contribution in [0, 0.1) is 0 Å². The Labute approximate surface area is 208 Å². The van der Waals surface area contributed by atoms with Gasteiger partial charge in [0, 0.05) is 44.3 Å². The van der Waals surface area contributed by atoms with Crippen molar-refractivity contribution in [2.24, 2.45) is 10.7 Å². The maximum Gasteiger partial charge on any atom is 0.191 e. The van der Waals surface area contributed by atoms with Crippen LogP contribution in [0.1, 0.15) is 11.1 Å². The number of fused-ring (bicyclic) bond motifs is 1. The lowest BCUT2D eigenvalue weighted by atomic mass is 10.1. The number of hydrogen-bond donors (Lipinski definition) is 1. The normalized spacial score (nSPS) is 14.6. The van der Waals surface area contributed by atoms with Gasteiger partial charge in [-0.15, -0.1) is 35.3 Å². The molecule has 0 unspecified atom stereocenters. The van der Waals surface area contributed by atoms with Crippen LogP contribution in [0.5, 0.6) is 0 Å². The summed E-state index contributed by atoms with van der Waals surface area (Å²) >= 11 is 1.68. The van der Waals surface area contributed by atoms with Crippen LogP contribution in [0.25, 0.3) is 11.0 Å². The van der Waals surface area contributed by atoms with E-state index in [0.717, 1.165) is 54.5 Å². The fourth-order valence-electron chi connectivity index (χ4n) is 3.85. The van der Waals surface area contributed by atoms with Crippen LogP contribution in [0.15, 0.2) is 71.4 Å². The lowest BCUT2D eigenvalue weighted by molar-refractivity contribution is 0.380. The van der Waals surface area contributed by atoms with E-state index in [1.807, 2.05) is 36.1 Å². The second-order valence-electron chi connectivity index (χ2n) is 7.64. The van der Waals surface area contributed by atoms with Gasteiger partial charge in [-0.2, -0.15) is 0 Å². The number of halogens is 1. The molecule has 166 valence electrons. The summed E-state index contributed by atoms with van der Waals surface area (Å²) < 4.78 is 2.17. The molecule has 3 heterocycles. The van der Waals surface area contributed by atoms with Gasteiger partial charge in [-0.3, -0.25) is 0 Å². The lowest BCUT2D eigenvalue weighted by Crippen LogP contribution is -2.51. The van der Waals surface area contributed by atoms with E-state index in [0.29, 0.717) is 12.5 Å². The first-order chi connectivity index (χ1) is 15.3. The summed E-state index contributed by atoms with van der Waals surface area (Å²) in [4.78, 5) is 17.9. The highest BCUT2D eigenvalue weighted by Gasteiger charge is 2.19. The third kappa shape index (κ3) is 5.04. The van der Waals surface area contributed by atoms with Crippen molar-refractivity contribution >= 4 is 57.4 Å². The van der Waals surface area contributed by atoms with E-state index in [2.05, 4.69) is 59.7 Å². The molecule has 2 aromatic carbocycles. The van der Waals surface area contributed by atoms with Crippen LogP contribution < -0.4 is 10.6 Å². The first-order valence-electron chi connectivity index (χ1n) is 10.4. The van der Waals surface area contributed by atoms with Crippen molar-refractivity contribution in [2.75, 3.05) is 31.1 Å². The Kier molecular flexibility index (Phi) is 7.26. The molecule has 4 aromatic rings. The summed E-state index contributed by atoms with van der Waals surface area (Å²) in [5.41, 5.74) is 10.8. The zero-order valence-electron chi connectivity index (χ0n) is 17.7. The smallest absolute Gasteiger partial charge is 0.191 e. The van der Waals surface area contributed by atoms with Crippen LogP contribution >= 0.6 is 35.3 Å². The van der Waals surface area contributed by atoms with Gasteiger partial charge in [0.15, 0.2) is 11.1 Å². The Balaban J connectivity index is 0.00000245. The fourth-order valence-corrected chi connectivity index (χ4v) is 4.55. The lowest BCUT2D eigenvalue weighted by Gasteiger charge is -2.35. The van der Waals surface area contributed by atoms with Crippen LogP contribution in [-0.2, 0) is 13.1 Å². The molecule has 2 N–H and O–H groups in total. The monoisotopic (exact) mass is 559 g/mol. The number of hydrogen-bond acceptors (Lipinski definition) is 5. The van der Waals surface area contributed by atoms with Crippen molar-refractivity contribution in [1.82, 2.24) is 19.4 Å². The summed E-state index contributed by atoms with van der Waals surface area (Å²) in [5, 5.41) is 3.10. The maximum atomic E-state index is 6.27. The number of para-hydroxylation sites is 2. The minimum absolute atomic E-state index is 0. The van der Waals surface area contributed by atoms with E-state index < -0.39 is 0 Å². The number of benzene rings is 2. The Hall–Kier alpha value is -2.66. The predicted molar refractivity (Wildman–Crippen MR) is 142 cm³/mol.